The van der Waals surface area contributed by atoms with Gasteiger partial charge in [0.05, 0.1) is 6.26 Å². The number of pyridine rings is 1. The van der Waals surface area contributed by atoms with Gasteiger partial charge in [0.25, 0.3) is 0 Å². The third kappa shape index (κ3) is 1.47. The molecule has 0 saturated heterocycles. The second-order valence-electron chi connectivity index (χ2n) is 2.92. The van der Waals surface area contributed by atoms with E-state index in [0.29, 0.717) is 17.0 Å². The quantitative estimate of drug-likeness (QED) is 0.749. The number of nitrogens with zero attached hydrogens (tertiary/aromatic N) is 1. The van der Waals surface area contributed by atoms with Crippen LogP contribution in [-0.4, -0.2) is 10.1 Å². The molecule has 0 spiro atoms. The molecular formula is C10H10N2O2. The van der Waals surface area contributed by atoms with Gasteiger partial charge in [-0.1, -0.05) is 0 Å². The van der Waals surface area contributed by atoms with Crippen LogP contribution in [0.3, 0.4) is 0 Å². The predicted octanol–water partition coefficient (Wildman–Crippen LogP) is 1.34. The zero-order valence-electron chi connectivity index (χ0n) is 7.42. The molecule has 14 heavy (non-hydrogen) atoms. The minimum atomic E-state index is -0.848. The Morgan fingerprint density at radius 3 is 2.93 bits per heavy atom. The summed E-state index contributed by atoms with van der Waals surface area (Å²) in [5.41, 5.74) is 6.75. The number of furan rings is 1. The molecule has 0 aliphatic heterocycles. The lowest BCUT2D eigenvalue weighted by Crippen LogP contribution is -2.03. The molecule has 0 fully saturated rings. The average Bonchev–Trinajstić information content (AvgIpc) is 2.70. The number of hydrogen-bond donors (Lipinski definition) is 2. The third-order valence-electron chi connectivity index (χ3n) is 1.99. The Morgan fingerprint density at radius 1 is 1.43 bits per heavy atom. The van der Waals surface area contributed by atoms with E-state index in [1.54, 1.807) is 24.4 Å². The lowest BCUT2D eigenvalue weighted by molar-refractivity contribution is 0.189. The summed E-state index contributed by atoms with van der Waals surface area (Å²) in [5, 5.41) is 9.85. The van der Waals surface area contributed by atoms with Gasteiger partial charge in [0, 0.05) is 23.6 Å². The molecule has 0 saturated carbocycles. The predicted molar refractivity (Wildman–Crippen MR) is 51.4 cm³/mol. The van der Waals surface area contributed by atoms with Crippen LogP contribution in [0.5, 0.6) is 0 Å². The molecule has 0 aliphatic carbocycles. The van der Waals surface area contributed by atoms with Crippen LogP contribution in [0, 0.1) is 0 Å². The fraction of sp³-hybridized carbons (Fsp3) is 0.100. The first kappa shape index (κ1) is 8.77. The number of nitrogens with two attached hydrogens (primary N) is 1. The molecule has 4 heteroatoms. The lowest BCUT2D eigenvalue weighted by atomic mass is 10.1. The van der Waals surface area contributed by atoms with E-state index < -0.39 is 6.10 Å². The van der Waals surface area contributed by atoms with Crippen molar-refractivity contribution in [2.75, 3.05) is 5.73 Å². The van der Waals surface area contributed by atoms with Crippen molar-refractivity contribution in [3.8, 4) is 0 Å². The molecule has 0 bridgehead atoms. The Kier molecular flexibility index (Phi) is 2.20. The SMILES string of the molecule is Nc1ccncc1C(O)c1ccco1. The van der Waals surface area contributed by atoms with E-state index in [4.69, 9.17) is 10.2 Å². The number of aliphatic hydroxyl groups excluding tert-OH is 1. The molecule has 2 aromatic heterocycles. The van der Waals surface area contributed by atoms with Crippen molar-refractivity contribution in [1.82, 2.24) is 4.98 Å². The fourth-order valence-corrected chi connectivity index (χ4v) is 1.25. The molecule has 0 aromatic carbocycles. The van der Waals surface area contributed by atoms with Crippen molar-refractivity contribution in [3.05, 3.63) is 48.2 Å². The van der Waals surface area contributed by atoms with E-state index in [1.807, 2.05) is 0 Å². The molecule has 2 heterocycles. The van der Waals surface area contributed by atoms with E-state index >= 15 is 0 Å². The lowest BCUT2D eigenvalue weighted by Gasteiger charge is -2.09. The van der Waals surface area contributed by atoms with E-state index in [1.165, 1.54) is 12.5 Å². The van der Waals surface area contributed by atoms with Crippen LogP contribution in [-0.2, 0) is 0 Å². The van der Waals surface area contributed by atoms with Gasteiger partial charge in [0.15, 0.2) is 0 Å². The average molecular weight is 190 g/mol. The number of aromatic nitrogens is 1. The van der Waals surface area contributed by atoms with Crippen LogP contribution in [0.4, 0.5) is 5.69 Å². The first-order chi connectivity index (χ1) is 6.79. The van der Waals surface area contributed by atoms with Gasteiger partial charge in [-0.2, -0.15) is 0 Å². The summed E-state index contributed by atoms with van der Waals surface area (Å²) in [6.45, 7) is 0. The van der Waals surface area contributed by atoms with Crippen LogP contribution < -0.4 is 5.73 Å². The summed E-state index contributed by atoms with van der Waals surface area (Å²) in [6.07, 6.45) is 3.76. The standard InChI is InChI=1S/C10H10N2O2/c11-8-3-4-12-6-7(8)10(13)9-2-1-5-14-9/h1-6,10,13H,(H2,11,12). The van der Waals surface area contributed by atoms with Crippen LogP contribution in [0.1, 0.15) is 17.4 Å². The summed E-state index contributed by atoms with van der Waals surface area (Å²) >= 11 is 0. The molecular weight excluding hydrogens is 180 g/mol. The monoisotopic (exact) mass is 190 g/mol. The maximum absolute atomic E-state index is 9.85. The zero-order valence-corrected chi connectivity index (χ0v) is 7.42. The van der Waals surface area contributed by atoms with Gasteiger partial charge in [-0.3, -0.25) is 4.98 Å². The van der Waals surface area contributed by atoms with Gasteiger partial charge < -0.3 is 15.3 Å². The van der Waals surface area contributed by atoms with Crippen LogP contribution in [0.2, 0.25) is 0 Å². The fourth-order valence-electron chi connectivity index (χ4n) is 1.25. The Hall–Kier alpha value is -1.81. The number of rotatable bonds is 2. The van der Waals surface area contributed by atoms with Crippen molar-refractivity contribution in [2.45, 2.75) is 6.10 Å². The van der Waals surface area contributed by atoms with Gasteiger partial charge in [-0.25, -0.2) is 0 Å². The highest BCUT2D eigenvalue weighted by molar-refractivity contribution is 5.47. The molecule has 72 valence electrons. The molecule has 4 nitrogen and oxygen atoms in total. The van der Waals surface area contributed by atoms with Crippen molar-refractivity contribution < 1.29 is 9.52 Å². The highest BCUT2D eigenvalue weighted by atomic mass is 16.4. The Labute approximate surface area is 81.0 Å². The molecule has 0 radical (unpaired) electrons. The second-order valence-corrected chi connectivity index (χ2v) is 2.92. The van der Waals surface area contributed by atoms with E-state index in [-0.39, 0.29) is 0 Å². The summed E-state index contributed by atoms with van der Waals surface area (Å²) < 4.78 is 5.07. The molecule has 2 rings (SSSR count). The number of anilines is 1. The third-order valence-corrected chi connectivity index (χ3v) is 1.99. The minimum Gasteiger partial charge on any atom is -0.466 e. The van der Waals surface area contributed by atoms with Crippen molar-refractivity contribution >= 4 is 5.69 Å². The number of hydrogen-bond acceptors (Lipinski definition) is 4. The zero-order chi connectivity index (χ0) is 9.97. The molecule has 0 amide bonds. The largest absolute Gasteiger partial charge is 0.466 e. The molecule has 0 aliphatic rings. The minimum absolute atomic E-state index is 0.463. The normalized spacial score (nSPS) is 12.6. The Balaban J connectivity index is 2.37. The van der Waals surface area contributed by atoms with Gasteiger partial charge >= 0.3 is 0 Å². The highest BCUT2D eigenvalue weighted by Crippen LogP contribution is 2.25. The molecule has 1 atom stereocenters. The van der Waals surface area contributed by atoms with E-state index in [0.717, 1.165) is 0 Å². The molecule has 3 N–H and O–H groups in total. The first-order valence-corrected chi connectivity index (χ1v) is 4.20. The molecule has 1 unspecified atom stereocenters. The van der Waals surface area contributed by atoms with Crippen molar-refractivity contribution in [1.29, 1.82) is 0 Å². The summed E-state index contributed by atoms with van der Waals surface area (Å²) in [7, 11) is 0. The Morgan fingerprint density at radius 2 is 2.29 bits per heavy atom. The van der Waals surface area contributed by atoms with E-state index in [9.17, 15) is 5.11 Å². The van der Waals surface area contributed by atoms with Crippen molar-refractivity contribution in [2.24, 2.45) is 0 Å². The Bertz CT molecular complexity index is 412. The number of nitrogen functional groups attached to an aromatic ring is 1. The van der Waals surface area contributed by atoms with Gasteiger partial charge in [-0.15, -0.1) is 0 Å². The van der Waals surface area contributed by atoms with E-state index in [2.05, 4.69) is 4.98 Å². The summed E-state index contributed by atoms with van der Waals surface area (Å²) in [5.74, 6) is 0.463. The maximum Gasteiger partial charge on any atom is 0.140 e. The topological polar surface area (TPSA) is 72.3 Å². The van der Waals surface area contributed by atoms with Gasteiger partial charge in [0.2, 0.25) is 0 Å². The second kappa shape index (κ2) is 3.51. The first-order valence-electron chi connectivity index (χ1n) is 4.20. The van der Waals surface area contributed by atoms with Crippen molar-refractivity contribution in [3.63, 3.8) is 0 Å². The number of aliphatic hydroxyl groups is 1. The molecule has 2 aromatic rings. The highest BCUT2D eigenvalue weighted by Gasteiger charge is 2.15. The van der Waals surface area contributed by atoms with Gasteiger partial charge in [0.1, 0.15) is 11.9 Å². The van der Waals surface area contributed by atoms with Crippen LogP contribution in [0.15, 0.2) is 41.3 Å². The van der Waals surface area contributed by atoms with Crippen LogP contribution in [0.25, 0.3) is 0 Å². The van der Waals surface area contributed by atoms with Crippen LogP contribution >= 0.6 is 0 Å². The maximum atomic E-state index is 9.85. The summed E-state index contributed by atoms with van der Waals surface area (Å²) in [6, 6.07) is 5.05. The summed E-state index contributed by atoms with van der Waals surface area (Å²) in [4.78, 5) is 3.89. The van der Waals surface area contributed by atoms with Gasteiger partial charge in [-0.05, 0) is 18.2 Å². The smallest absolute Gasteiger partial charge is 0.140 e.